The van der Waals surface area contributed by atoms with E-state index in [0.717, 1.165) is 6.42 Å². The van der Waals surface area contributed by atoms with E-state index in [-0.39, 0.29) is 31.4 Å². The highest BCUT2D eigenvalue weighted by atomic mass is 19.3. The molecule has 1 N–H and O–H groups in total. The second-order valence-electron chi connectivity index (χ2n) is 4.06. The van der Waals surface area contributed by atoms with E-state index in [1.54, 1.807) is 0 Å². The highest BCUT2D eigenvalue weighted by molar-refractivity contribution is 6.05. The lowest BCUT2D eigenvalue weighted by Gasteiger charge is -2.14. The van der Waals surface area contributed by atoms with Crippen LogP contribution in [0.25, 0.3) is 0 Å². The normalized spacial score (nSPS) is 20.2. The molecule has 0 aromatic carbocycles. The maximum atomic E-state index is 11.8. The van der Waals surface area contributed by atoms with Crippen LogP contribution >= 0.6 is 0 Å². The van der Waals surface area contributed by atoms with Gasteiger partial charge in [0.1, 0.15) is 6.61 Å². The molecule has 1 rings (SSSR count). The molecule has 1 saturated heterocycles. The molecule has 1 fully saturated rings. The molecule has 0 aromatic heterocycles. The van der Waals surface area contributed by atoms with Gasteiger partial charge in [0.25, 0.3) is 6.43 Å². The van der Waals surface area contributed by atoms with Gasteiger partial charge in [-0.05, 0) is 6.42 Å². The monoisotopic (exact) mass is 264 g/mol. The van der Waals surface area contributed by atoms with E-state index in [2.05, 4.69) is 10.1 Å². The second kappa shape index (κ2) is 7.38. The standard InChI is InChI=1S/C11H18F2N2O3/c1-2-4-15-10(16)6-8(11(15)17)14-3-5-18-7-9(12)13/h8-9,14H,2-7H2,1H3. The van der Waals surface area contributed by atoms with Crippen LogP contribution in [0.5, 0.6) is 0 Å². The number of nitrogens with one attached hydrogen (secondary N) is 1. The van der Waals surface area contributed by atoms with E-state index in [4.69, 9.17) is 0 Å². The van der Waals surface area contributed by atoms with Gasteiger partial charge in [0, 0.05) is 13.1 Å². The van der Waals surface area contributed by atoms with Crippen molar-refractivity contribution in [2.75, 3.05) is 26.3 Å². The predicted molar refractivity (Wildman–Crippen MR) is 60.2 cm³/mol. The summed E-state index contributed by atoms with van der Waals surface area (Å²) in [6.45, 7) is 2.07. The highest BCUT2D eigenvalue weighted by Crippen LogP contribution is 2.13. The van der Waals surface area contributed by atoms with Crippen molar-refractivity contribution in [1.29, 1.82) is 0 Å². The van der Waals surface area contributed by atoms with Gasteiger partial charge in [-0.1, -0.05) is 6.92 Å². The van der Waals surface area contributed by atoms with Crippen LogP contribution in [-0.4, -0.2) is 55.5 Å². The van der Waals surface area contributed by atoms with E-state index >= 15 is 0 Å². The summed E-state index contributed by atoms with van der Waals surface area (Å²) in [7, 11) is 0. The average Bonchev–Trinajstić information content (AvgIpc) is 2.56. The summed E-state index contributed by atoms with van der Waals surface area (Å²) in [5.41, 5.74) is 0. The Balaban J connectivity index is 2.23. The fourth-order valence-corrected chi connectivity index (χ4v) is 1.78. The van der Waals surface area contributed by atoms with Gasteiger partial charge in [-0.2, -0.15) is 0 Å². The second-order valence-corrected chi connectivity index (χ2v) is 4.06. The van der Waals surface area contributed by atoms with Crippen LogP contribution in [0.15, 0.2) is 0 Å². The van der Waals surface area contributed by atoms with Crippen LogP contribution in [0.4, 0.5) is 8.78 Å². The Morgan fingerprint density at radius 1 is 1.50 bits per heavy atom. The summed E-state index contributed by atoms with van der Waals surface area (Å²) in [6, 6.07) is -0.542. The number of carbonyl (C=O) groups is 2. The molecule has 0 aliphatic carbocycles. The number of halogens is 2. The van der Waals surface area contributed by atoms with E-state index in [9.17, 15) is 18.4 Å². The van der Waals surface area contributed by atoms with Crippen LogP contribution < -0.4 is 5.32 Å². The number of hydrogen-bond donors (Lipinski definition) is 1. The van der Waals surface area contributed by atoms with Crippen LogP contribution in [0.2, 0.25) is 0 Å². The number of carbonyl (C=O) groups excluding carboxylic acids is 2. The number of rotatable bonds is 8. The summed E-state index contributed by atoms with van der Waals surface area (Å²) in [4.78, 5) is 24.5. The van der Waals surface area contributed by atoms with Crippen molar-refractivity contribution in [1.82, 2.24) is 10.2 Å². The van der Waals surface area contributed by atoms with Crippen LogP contribution in [-0.2, 0) is 14.3 Å². The molecule has 1 atom stereocenters. The molecule has 0 aromatic rings. The largest absolute Gasteiger partial charge is 0.374 e. The van der Waals surface area contributed by atoms with Crippen molar-refractivity contribution in [3.05, 3.63) is 0 Å². The molecular weight excluding hydrogens is 246 g/mol. The molecule has 18 heavy (non-hydrogen) atoms. The first-order chi connectivity index (χ1) is 8.56. The molecule has 1 aliphatic heterocycles. The smallest absolute Gasteiger partial charge is 0.261 e. The minimum absolute atomic E-state index is 0.0933. The summed E-state index contributed by atoms with van der Waals surface area (Å²) >= 11 is 0. The van der Waals surface area contributed by atoms with E-state index in [1.165, 1.54) is 4.90 Å². The molecular formula is C11H18F2N2O3. The van der Waals surface area contributed by atoms with Crippen LogP contribution in [0, 0.1) is 0 Å². The third-order valence-corrected chi connectivity index (χ3v) is 2.57. The third kappa shape index (κ3) is 4.30. The lowest BCUT2D eigenvalue weighted by molar-refractivity contribution is -0.138. The molecule has 0 radical (unpaired) electrons. The molecule has 0 saturated carbocycles. The number of imide groups is 1. The Morgan fingerprint density at radius 3 is 2.83 bits per heavy atom. The van der Waals surface area contributed by atoms with Crippen LogP contribution in [0.1, 0.15) is 19.8 Å². The van der Waals surface area contributed by atoms with Gasteiger partial charge in [0.15, 0.2) is 0 Å². The maximum absolute atomic E-state index is 11.8. The lowest BCUT2D eigenvalue weighted by Crippen LogP contribution is -2.40. The van der Waals surface area contributed by atoms with Crippen molar-refractivity contribution in [2.45, 2.75) is 32.2 Å². The Kier molecular flexibility index (Phi) is 6.14. The van der Waals surface area contributed by atoms with Crippen molar-refractivity contribution in [3.8, 4) is 0 Å². The molecule has 0 spiro atoms. The highest BCUT2D eigenvalue weighted by Gasteiger charge is 2.37. The van der Waals surface area contributed by atoms with Crippen molar-refractivity contribution < 1.29 is 23.1 Å². The number of nitrogens with zero attached hydrogens (tertiary/aromatic N) is 1. The lowest BCUT2D eigenvalue weighted by atomic mass is 10.2. The fraction of sp³-hybridized carbons (Fsp3) is 0.818. The van der Waals surface area contributed by atoms with E-state index in [0.29, 0.717) is 6.54 Å². The Hall–Kier alpha value is -1.08. The van der Waals surface area contributed by atoms with Gasteiger partial charge >= 0.3 is 0 Å². The van der Waals surface area contributed by atoms with Gasteiger partial charge in [-0.25, -0.2) is 8.78 Å². The molecule has 7 heteroatoms. The summed E-state index contributed by atoms with van der Waals surface area (Å²) in [5, 5.41) is 2.84. The van der Waals surface area contributed by atoms with Crippen LogP contribution in [0.3, 0.4) is 0 Å². The zero-order valence-corrected chi connectivity index (χ0v) is 10.3. The van der Waals surface area contributed by atoms with Crippen molar-refractivity contribution >= 4 is 11.8 Å². The summed E-state index contributed by atoms with van der Waals surface area (Å²) < 4.78 is 28.2. The topological polar surface area (TPSA) is 58.6 Å². The zero-order chi connectivity index (χ0) is 13.5. The first-order valence-corrected chi connectivity index (χ1v) is 5.99. The number of ether oxygens (including phenoxy) is 1. The zero-order valence-electron chi connectivity index (χ0n) is 10.3. The van der Waals surface area contributed by atoms with Crippen molar-refractivity contribution in [2.24, 2.45) is 0 Å². The molecule has 0 bridgehead atoms. The minimum atomic E-state index is -2.49. The van der Waals surface area contributed by atoms with Gasteiger partial charge < -0.3 is 10.1 Å². The molecule has 1 aliphatic rings. The third-order valence-electron chi connectivity index (χ3n) is 2.57. The Bertz CT molecular complexity index is 300. The maximum Gasteiger partial charge on any atom is 0.261 e. The van der Waals surface area contributed by atoms with Gasteiger partial charge in [-0.15, -0.1) is 0 Å². The molecule has 5 nitrogen and oxygen atoms in total. The predicted octanol–water partition coefficient (Wildman–Crippen LogP) is 0.395. The molecule has 104 valence electrons. The summed E-state index contributed by atoms with van der Waals surface area (Å²) in [6.07, 6.45) is -1.63. The average molecular weight is 264 g/mol. The SMILES string of the molecule is CCCN1C(=O)CC(NCCOCC(F)F)C1=O. The van der Waals surface area contributed by atoms with Gasteiger partial charge in [0.2, 0.25) is 11.8 Å². The van der Waals surface area contributed by atoms with Gasteiger partial charge in [0.05, 0.1) is 19.1 Å². The van der Waals surface area contributed by atoms with E-state index in [1.807, 2.05) is 6.92 Å². The molecule has 1 heterocycles. The number of alkyl halides is 2. The van der Waals surface area contributed by atoms with Gasteiger partial charge in [-0.3, -0.25) is 14.5 Å². The Labute approximate surface area is 104 Å². The quantitative estimate of drug-likeness (QED) is 0.509. The minimum Gasteiger partial charge on any atom is -0.374 e. The number of likely N-dealkylation sites (tertiary alicyclic amines) is 1. The first-order valence-electron chi connectivity index (χ1n) is 5.99. The number of amides is 2. The molecule has 2 amide bonds. The molecule has 1 unspecified atom stereocenters. The Morgan fingerprint density at radius 2 is 2.22 bits per heavy atom. The van der Waals surface area contributed by atoms with E-state index < -0.39 is 19.1 Å². The summed E-state index contributed by atoms with van der Waals surface area (Å²) in [5.74, 6) is -0.427. The van der Waals surface area contributed by atoms with Crippen molar-refractivity contribution in [3.63, 3.8) is 0 Å². The first kappa shape index (κ1) is 15.0. The fourth-order valence-electron chi connectivity index (χ4n) is 1.78. The number of hydrogen-bond acceptors (Lipinski definition) is 4.